The van der Waals surface area contributed by atoms with E-state index in [4.69, 9.17) is 15.2 Å². The number of pyridine rings is 1. The van der Waals surface area contributed by atoms with Gasteiger partial charge in [0.05, 0.1) is 27.8 Å². The highest BCUT2D eigenvalue weighted by Gasteiger charge is 2.25. The fraction of sp³-hybridized carbons (Fsp3) is 0.122. The summed E-state index contributed by atoms with van der Waals surface area (Å²) in [5, 5.41) is 14.7. The lowest BCUT2D eigenvalue weighted by Gasteiger charge is -2.23. The van der Waals surface area contributed by atoms with Gasteiger partial charge in [-0.2, -0.15) is 0 Å². The van der Waals surface area contributed by atoms with Crippen molar-refractivity contribution in [3.63, 3.8) is 0 Å². The molecule has 6 aromatic carbocycles. The van der Waals surface area contributed by atoms with Crippen LogP contribution in [0.5, 0.6) is 0 Å². The van der Waals surface area contributed by atoms with Gasteiger partial charge in [0.2, 0.25) is 0 Å². The van der Waals surface area contributed by atoms with Crippen LogP contribution in [0.15, 0.2) is 158 Å². The van der Waals surface area contributed by atoms with Crippen LogP contribution in [0.25, 0.3) is 83.6 Å². The van der Waals surface area contributed by atoms with Gasteiger partial charge < -0.3 is 4.57 Å². The molecule has 10 aromatic rings. The highest BCUT2D eigenvalue weighted by molar-refractivity contribution is 6.19. The topological polar surface area (TPSA) is 53.5 Å². The van der Waals surface area contributed by atoms with Crippen LogP contribution in [-0.4, -0.2) is 28.9 Å². The van der Waals surface area contributed by atoms with E-state index in [9.17, 15) is 0 Å². The van der Waals surface area contributed by atoms with Gasteiger partial charge >= 0.3 is 0 Å². The Bertz CT molecular complexity index is 3010. The summed E-state index contributed by atoms with van der Waals surface area (Å²) in [5.74, 6) is 3.14. The number of hydrogen-bond acceptors (Lipinski definition) is 3. The Morgan fingerprint density at radius 1 is 0.418 bits per heavy atom. The van der Waals surface area contributed by atoms with Crippen LogP contribution in [0.2, 0.25) is 0 Å². The van der Waals surface area contributed by atoms with Gasteiger partial charge in [-0.15, -0.1) is 10.2 Å². The molecule has 0 bridgehead atoms. The molecule has 0 aliphatic carbocycles. The highest BCUT2D eigenvalue weighted by Crippen LogP contribution is 2.41. The molecule has 0 fully saturated rings. The molecule has 10 rings (SSSR count). The monoisotopic (exact) mass is 712 g/mol. The SMILES string of the molecule is CC(C)c1cccc(C(C)C)c1-n1c(-c2ccccc2)nnc1-c1cccc(-n2c3ccccc3c3cc4c5ccccc5n(-c5ccccn5)c4cc32)c1. The zero-order chi connectivity index (χ0) is 37.2. The molecule has 55 heavy (non-hydrogen) atoms. The van der Waals surface area contributed by atoms with Crippen LogP contribution in [0.4, 0.5) is 0 Å². The summed E-state index contributed by atoms with van der Waals surface area (Å²) in [6.45, 7) is 9.06. The predicted molar refractivity (Wildman–Crippen MR) is 227 cm³/mol. The van der Waals surface area contributed by atoms with E-state index in [2.05, 4.69) is 181 Å². The van der Waals surface area contributed by atoms with Crippen molar-refractivity contribution in [2.75, 3.05) is 0 Å². The fourth-order valence-electron chi connectivity index (χ4n) is 8.45. The molecule has 0 saturated heterocycles. The lowest BCUT2D eigenvalue weighted by molar-refractivity contribution is 0.807. The first-order valence-corrected chi connectivity index (χ1v) is 19.1. The van der Waals surface area contributed by atoms with Gasteiger partial charge in [-0.1, -0.05) is 131 Å². The number of benzene rings is 6. The highest BCUT2D eigenvalue weighted by atomic mass is 15.3. The number of rotatable bonds is 7. The van der Waals surface area contributed by atoms with Crippen molar-refractivity contribution in [1.82, 2.24) is 28.9 Å². The Balaban J connectivity index is 1.25. The zero-order valence-corrected chi connectivity index (χ0v) is 31.3. The lowest BCUT2D eigenvalue weighted by atomic mass is 9.92. The molecule has 0 amide bonds. The largest absolute Gasteiger partial charge is 0.309 e. The maximum absolute atomic E-state index is 4.99. The standard InChI is InChI=1S/C49H40N6/c1-31(2)36-22-15-23-37(32(3)4)47(36)55-48(33-16-6-5-7-17-33)51-52-49(55)34-18-14-19-35(28-34)53-42-24-10-8-20-38(42)40-29-41-39-21-9-11-25-43(39)54(45(41)30-44(40)53)46-26-12-13-27-50-46/h5-32H,1-4H3. The van der Waals surface area contributed by atoms with Crippen LogP contribution < -0.4 is 0 Å². The van der Waals surface area contributed by atoms with E-state index >= 15 is 0 Å². The van der Waals surface area contributed by atoms with E-state index in [1.54, 1.807) is 0 Å². The Kier molecular flexibility index (Phi) is 7.73. The Morgan fingerprint density at radius 3 is 1.64 bits per heavy atom. The van der Waals surface area contributed by atoms with Crippen LogP contribution in [0.3, 0.4) is 0 Å². The van der Waals surface area contributed by atoms with Gasteiger partial charge in [-0.05, 0) is 71.5 Å². The van der Waals surface area contributed by atoms with Crippen molar-refractivity contribution in [1.29, 1.82) is 0 Å². The maximum atomic E-state index is 4.99. The van der Waals surface area contributed by atoms with Crippen LogP contribution in [0.1, 0.15) is 50.7 Å². The first kappa shape index (κ1) is 32.8. The average Bonchev–Trinajstić information content (AvgIpc) is 3.90. The zero-order valence-electron chi connectivity index (χ0n) is 31.3. The van der Waals surface area contributed by atoms with Crippen LogP contribution >= 0.6 is 0 Å². The quantitative estimate of drug-likeness (QED) is 0.165. The summed E-state index contributed by atoms with van der Waals surface area (Å²) in [6.07, 6.45) is 1.86. The van der Waals surface area contributed by atoms with Crippen molar-refractivity contribution < 1.29 is 0 Å². The minimum absolute atomic E-state index is 0.301. The third-order valence-corrected chi connectivity index (χ3v) is 11.0. The van der Waals surface area contributed by atoms with Crippen molar-refractivity contribution in [3.8, 4) is 40.0 Å². The molecule has 0 aliphatic rings. The molecule has 266 valence electrons. The maximum Gasteiger partial charge on any atom is 0.168 e. The Morgan fingerprint density at radius 2 is 0.982 bits per heavy atom. The van der Waals surface area contributed by atoms with Gasteiger partial charge in [0, 0.05) is 44.6 Å². The van der Waals surface area contributed by atoms with E-state index in [0.29, 0.717) is 11.8 Å². The molecule has 0 saturated carbocycles. The van der Waals surface area contributed by atoms with E-state index < -0.39 is 0 Å². The summed E-state index contributed by atoms with van der Waals surface area (Å²) >= 11 is 0. The molecule has 4 aromatic heterocycles. The summed E-state index contributed by atoms with van der Waals surface area (Å²) in [6, 6.07) is 54.1. The molecular weight excluding hydrogens is 673 g/mol. The molecule has 6 nitrogen and oxygen atoms in total. The van der Waals surface area contributed by atoms with Crippen molar-refractivity contribution in [2.45, 2.75) is 39.5 Å². The third kappa shape index (κ3) is 5.20. The molecule has 0 unspecified atom stereocenters. The van der Waals surface area contributed by atoms with E-state index in [0.717, 1.165) is 56.3 Å². The first-order chi connectivity index (χ1) is 27.0. The third-order valence-electron chi connectivity index (χ3n) is 11.0. The number of nitrogens with zero attached hydrogens (tertiary/aromatic N) is 6. The lowest BCUT2D eigenvalue weighted by Crippen LogP contribution is -2.10. The minimum Gasteiger partial charge on any atom is -0.309 e. The summed E-state index contributed by atoms with van der Waals surface area (Å²) in [5.41, 5.74) is 11.3. The summed E-state index contributed by atoms with van der Waals surface area (Å²) in [7, 11) is 0. The van der Waals surface area contributed by atoms with E-state index in [-0.39, 0.29) is 0 Å². The van der Waals surface area contributed by atoms with Crippen molar-refractivity contribution in [2.24, 2.45) is 0 Å². The second-order valence-electron chi connectivity index (χ2n) is 15.0. The number of hydrogen-bond donors (Lipinski definition) is 0. The number of para-hydroxylation sites is 3. The van der Waals surface area contributed by atoms with Crippen molar-refractivity contribution >= 4 is 43.6 Å². The molecule has 6 heteroatoms. The summed E-state index contributed by atoms with van der Waals surface area (Å²) in [4.78, 5) is 4.80. The minimum atomic E-state index is 0.301. The van der Waals surface area contributed by atoms with E-state index in [1.807, 2.05) is 18.3 Å². The van der Waals surface area contributed by atoms with Crippen molar-refractivity contribution in [3.05, 3.63) is 169 Å². The molecule has 0 radical (unpaired) electrons. The molecule has 0 spiro atoms. The predicted octanol–water partition coefficient (Wildman–Crippen LogP) is 12.4. The van der Waals surface area contributed by atoms with Gasteiger partial charge in [0.15, 0.2) is 11.6 Å². The van der Waals surface area contributed by atoms with E-state index in [1.165, 1.54) is 38.4 Å². The molecular formula is C49H40N6. The summed E-state index contributed by atoms with van der Waals surface area (Å²) < 4.78 is 6.99. The molecule has 4 heterocycles. The van der Waals surface area contributed by atoms with Gasteiger partial charge in [0.1, 0.15) is 5.82 Å². The average molecular weight is 713 g/mol. The normalized spacial score (nSPS) is 12.0. The van der Waals surface area contributed by atoms with Gasteiger partial charge in [-0.25, -0.2) is 4.98 Å². The fourth-order valence-corrected chi connectivity index (χ4v) is 8.45. The van der Waals surface area contributed by atoms with Gasteiger partial charge in [-0.3, -0.25) is 9.13 Å². The molecule has 0 atom stereocenters. The van der Waals surface area contributed by atoms with Gasteiger partial charge in [0.25, 0.3) is 0 Å². The molecule has 0 aliphatic heterocycles. The Hall–Kier alpha value is -6.79. The molecule has 0 N–H and O–H groups in total. The smallest absolute Gasteiger partial charge is 0.168 e. The second kappa shape index (κ2) is 13.0. The van der Waals surface area contributed by atoms with Crippen LogP contribution in [0, 0.1) is 0 Å². The first-order valence-electron chi connectivity index (χ1n) is 19.1. The number of aromatic nitrogens is 6. The Labute approximate surface area is 320 Å². The van der Waals surface area contributed by atoms with Crippen LogP contribution in [-0.2, 0) is 0 Å². The number of fused-ring (bicyclic) bond motifs is 6. The second-order valence-corrected chi connectivity index (χ2v) is 15.0.